The van der Waals surface area contributed by atoms with Gasteiger partial charge in [0.15, 0.2) is 0 Å². The van der Waals surface area contributed by atoms with Crippen LogP contribution < -0.4 is 5.73 Å². The number of sulfonamides is 1. The number of rotatable bonds is 3. The van der Waals surface area contributed by atoms with Crippen molar-refractivity contribution < 1.29 is 8.42 Å². The van der Waals surface area contributed by atoms with Crippen LogP contribution in [0.1, 0.15) is 19.4 Å². The van der Waals surface area contributed by atoms with E-state index in [9.17, 15) is 8.42 Å². The molecule has 0 bridgehead atoms. The molecule has 0 spiro atoms. The number of likely N-dealkylation sites (N-methyl/N-ethyl adjacent to an activating group) is 1. The molecule has 2 rings (SSSR count). The molecule has 1 aromatic carbocycles. The van der Waals surface area contributed by atoms with Gasteiger partial charge in [-0.15, -0.1) is 0 Å². The van der Waals surface area contributed by atoms with Crippen LogP contribution in [0.5, 0.6) is 0 Å². The molecule has 1 saturated heterocycles. The Morgan fingerprint density at radius 3 is 2.62 bits per heavy atom. The number of nitrogens with two attached hydrogens (primary N) is 1. The Hall–Kier alpha value is -0.630. The Morgan fingerprint density at radius 1 is 1.38 bits per heavy atom. The van der Waals surface area contributed by atoms with Crippen molar-refractivity contribution in [1.82, 2.24) is 9.21 Å². The molecule has 0 radical (unpaired) electrons. The summed E-state index contributed by atoms with van der Waals surface area (Å²) in [5.74, 6) is 0. The standard InChI is InChI=1S/C14H22BrN3O2S/c1-4-17-5-6-18(9-11(17)3)21(19,20)14-8-13(16)12(15)7-10(14)2/h7-8,11H,4-6,9,16H2,1-3H3. The first-order chi connectivity index (χ1) is 9.77. The fourth-order valence-electron chi connectivity index (χ4n) is 2.74. The van der Waals surface area contributed by atoms with E-state index >= 15 is 0 Å². The molecule has 7 heteroatoms. The Bertz CT molecular complexity index is 633. The van der Waals surface area contributed by atoms with Gasteiger partial charge < -0.3 is 5.73 Å². The number of aryl methyl sites for hydroxylation is 1. The highest BCUT2D eigenvalue weighted by molar-refractivity contribution is 9.10. The highest BCUT2D eigenvalue weighted by Gasteiger charge is 2.32. The van der Waals surface area contributed by atoms with E-state index in [4.69, 9.17) is 5.73 Å². The zero-order valence-electron chi connectivity index (χ0n) is 12.6. The van der Waals surface area contributed by atoms with Crippen molar-refractivity contribution >= 4 is 31.6 Å². The van der Waals surface area contributed by atoms with E-state index in [1.165, 1.54) is 0 Å². The van der Waals surface area contributed by atoms with Crippen LogP contribution in [-0.2, 0) is 10.0 Å². The topological polar surface area (TPSA) is 66.6 Å². The van der Waals surface area contributed by atoms with Crippen molar-refractivity contribution in [2.45, 2.75) is 31.7 Å². The molecule has 1 fully saturated rings. The maximum atomic E-state index is 12.8. The van der Waals surface area contributed by atoms with Gasteiger partial charge in [0.2, 0.25) is 10.0 Å². The van der Waals surface area contributed by atoms with Crippen LogP contribution >= 0.6 is 15.9 Å². The molecule has 2 N–H and O–H groups in total. The Kier molecular flexibility index (Phi) is 4.97. The largest absolute Gasteiger partial charge is 0.398 e. The third kappa shape index (κ3) is 3.26. The predicted molar refractivity (Wildman–Crippen MR) is 88.8 cm³/mol. The third-order valence-electron chi connectivity index (χ3n) is 4.05. The molecule has 0 saturated carbocycles. The number of hydrogen-bond acceptors (Lipinski definition) is 4. The molecule has 5 nitrogen and oxygen atoms in total. The maximum Gasteiger partial charge on any atom is 0.243 e. The van der Waals surface area contributed by atoms with Gasteiger partial charge in [-0.05, 0) is 54.0 Å². The van der Waals surface area contributed by atoms with Crippen LogP contribution in [0.3, 0.4) is 0 Å². The molecule has 0 aromatic heterocycles. The molecular formula is C14H22BrN3O2S. The van der Waals surface area contributed by atoms with Crippen molar-refractivity contribution in [1.29, 1.82) is 0 Å². The summed E-state index contributed by atoms with van der Waals surface area (Å²) in [7, 11) is -3.49. The smallest absolute Gasteiger partial charge is 0.243 e. The minimum atomic E-state index is -3.49. The zero-order valence-corrected chi connectivity index (χ0v) is 15.0. The van der Waals surface area contributed by atoms with Crippen molar-refractivity contribution in [2.75, 3.05) is 31.9 Å². The number of piperazine rings is 1. The summed E-state index contributed by atoms with van der Waals surface area (Å²) in [6, 6.07) is 3.53. The van der Waals surface area contributed by atoms with Crippen LogP contribution in [-0.4, -0.2) is 49.8 Å². The highest BCUT2D eigenvalue weighted by Crippen LogP contribution is 2.29. The summed E-state index contributed by atoms with van der Waals surface area (Å²) in [5, 5.41) is 0. The fraction of sp³-hybridized carbons (Fsp3) is 0.571. The number of benzene rings is 1. The van der Waals surface area contributed by atoms with Crippen LogP contribution in [0.2, 0.25) is 0 Å². The minimum absolute atomic E-state index is 0.228. The van der Waals surface area contributed by atoms with Gasteiger partial charge in [-0.1, -0.05) is 6.92 Å². The predicted octanol–water partition coefficient (Wildman–Crippen LogP) is 2.05. The van der Waals surface area contributed by atoms with Gasteiger partial charge in [-0.2, -0.15) is 4.31 Å². The number of halogens is 1. The van der Waals surface area contributed by atoms with Crippen molar-refractivity contribution in [3.8, 4) is 0 Å². The van der Waals surface area contributed by atoms with E-state index in [0.29, 0.717) is 29.2 Å². The molecule has 1 aliphatic rings. The Balaban J connectivity index is 2.33. The van der Waals surface area contributed by atoms with E-state index in [2.05, 4.69) is 34.7 Å². The molecule has 118 valence electrons. The van der Waals surface area contributed by atoms with Gasteiger partial charge in [0.25, 0.3) is 0 Å². The number of hydrogen-bond donors (Lipinski definition) is 1. The van der Waals surface area contributed by atoms with Crippen LogP contribution in [0.25, 0.3) is 0 Å². The lowest BCUT2D eigenvalue weighted by atomic mass is 10.2. The van der Waals surface area contributed by atoms with Crippen LogP contribution in [0, 0.1) is 6.92 Å². The molecule has 0 amide bonds. The highest BCUT2D eigenvalue weighted by atomic mass is 79.9. The molecule has 1 atom stereocenters. The number of anilines is 1. The van der Waals surface area contributed by atoms with Gasteiger partial charge in [-0.25, -0.2) is 8.42 Å². The lowest BCUT2D eigenvalue weighted by Gasteiger charge is -2.38. The number of nitrogens with zero attached hydrogens (tertiary/aromatic N) is 2. The van der Waals surface area contributed by atoms with E-state index in [1.807, 2.05) is 0 Å². The van der Waals surface area contributed by atoms with E-state index in [0.717, 1.165) is 17.6 Å². The van der Waals surface area contributed by atoms with E-state index < -0.39 is 10.0 Å². The van der Waals surface area contributed by atoms with Gasteiger partial charge in [-0.3, -0.25) is 4.90 Å². The second kappa shape index (κ2) is 6.24. The summed E-state index contributed by atoms with van der Waals surface area (Å²) in [4.78, 5) is 2.59. The average Bonchev–Trinajstić information content (AvgIpc) is 2.42. The Morgan fingerprint density at radius 2 is 2.05 bits per heavy atom. The average molecular weight is 376 g/mol. The summed E-state index contributed by atoms with van der Waals surface area (Å²) in [6.45, 7) is 8.71. The molecule has 1 aromatic rings. The Labute approximate surface area is 135 Å². The van der Waals surface area contributed by atoms with Crippen LogP contribution in [0.15, 0.2) is 21.5 Å². The lowest BCUT2D eigenvalue weighted by molar-refractivity contribution is 0.135. The van der Waals surface area contributed by atoms with Gasteiger partial charge in [0.05, 0.1) is 4.90 Å². The second-order valence-corrected chi connectivity index (χ2v) is 8.24. The minimum Gasteiger partial charge on any atom is -0.398 e. The van der Waals surface area contributed by atoms with Crippen molar-refractivity contribution in [3.05, 3.63) is 22.2 Å². The zero-order chi connectivity index (χ0) is 15.8. The quantitative estimate of drug-likeness (QED) is 0.820. The maximum absolute atomic E-state index is 12.8. The molecule has 21 heavy (non-hydrogen) atoms. The SMILES string of the molecule is CCN1CCN(S(=O)(=O)c2cc(N)c(Br)cc2C)CC1C. The monoisotopic (exact) mass is 375 g/mol. The van der Waals surface area contributed by atoms with Gasteiger partial charge >= 0.3 is 0 Å². The second-order valence-electron chi connectivity index (χ2n) is 5.48. The molecule has 1 heterocycles. The summed E-state index contributed by atoms with van der Waals surface area (Å²) >= 11 is 3.33. The molecular weight excluding hydrogens is 354 g/mol. The fourth-order valence-corrected chi connectivity index (χ4v) is 4.95. The van der Waals surface area contributed by atoms with Crippen molar-refractivity contribution in [3.63, 3.8) is 0 Å². The van der Waals surface area contributed by atoms with Gasteiger partial charge in [0.1, 0.15) is 0 Å². The van der Waals surface area contributed by atoms with E-state index in [1.54, 1.807) is 23.4 Å². The molecule has 1 aliphatic heterocycles. The summed E-state index contributed by atoms with van der Waals surface area (Å²) in [6.07, 6.45) is 0. The lowest BCUT2D eigenvalue weighted by Crippen LogP contribution is -2.53. The summed E-state index contributed by atoms with van der Waals surface area (Å²) < 4.78 is 28.0. The van der Waals surface area contributed by atoms with Gasteiger partial charge in [0, 0.05) is 35.8 Å². The summed E-state index contributed by atoms with van der Waals surface area (Å²) in [5.41, 5.74) is 7.00. The van der Waals surface area contributed by atoms with E-state index in [-0.39, 0.29) is 6.04 Å². The third-order valence-corrected chi connectivity index (χ3v) is 6.74. The molecule has 0 aliphatic carbocycles. The first-order valence-electron chi connectivity index (χ1n) is 7.07. The van der Waals surface area contributed by atoms with Crippen molar-refractivity contribution in [2.24, 2.45) is 0 Å². The first kappa shape index (κ1) is 16.7. The van der Waals surface area contributed by atoms with Crippen LogP contribution in [0.4, 0.5) is 5.69 Å². The number of nitrogen functional groups attached to an aromatic ring is 1. The normalized spacial score (nSPS) is 21.6. The first-order valence-corrected chi connectivity index (χ1v) is 9.30. The molecule has 1 unspecified atom stereocenters.